The first-order chi connectivity index (χ1) is 11.9. The first-order valence-corrected chi connectivity index (χ1v) is 10.1. The van der Waals surface area contributed by atoms with Gasteiger partial charge < -0.3 is 10.8 Å². The van der Waals surface area contributed by atoms with Gasteiger partial charge in [0.15, 0.2) is 5.16 Å². The van der Waals surface area contributed by atoms with Crippen molar-refractivity contribution in [2.45, 2.75) is 70.4 Å². The van der Waals surface area contributed by atoms with E-state index in [1.54, 1.807) is 0 Å². The third-order valence-electron chi connectivity index (χ3n) is 4.28. The number of nitrogens with zero attached hydrogens (tertiary/aromatic N) is 3. The average molecular weight is 375 g/mol. The summed E-state index contributed by atoms with van der Waals surface area (Å²) in [7, 11) is 0. The van der Waals surface area contributed by atoms with Crippen molar-refractivity contribution in [3.63, 3.8) is 0 Å². The zero-order valence-corrected chi connectivity index (χ0v) is 17.7. The normalized spacial score (nSPS) is 12.4. The highest BCUT2D eigenvalue weighted by Gasteiger charge is 2.26. The third-order valence-corrected chi connectivity index (χ3v) is 4.83. The number of rotatable bonds is 4. The van der Waals surface area contributed by atoms with Crippen molar-refractivity contribution >= 4 is 17.7 Å². The van der Waals surface area contributed by atoms with E-state index in [9.17, 15) is 5.11 Å². The minimum Gasteiger partial charge on any atom is -0.507 e. The first-order valence-electron chi connectivity index (χ1n) is 8.83. The van der Waals surface area contributed by atoms with Gasteiger partial charge in [0, 0.05) is 6.42 Å². The number of hydrogen-bond donors (Lipinski definition) is 2. The van der Waals surface area contributed by atoms with E-state index in [2.05, 4.69) is 68.6 Å². The van der Waals surface area contributed by atoms with E-state index in [0.717, 1.165) is 17.5 Å². The fourth-order valence-electron chi connectivity index (χ4n) is 2.86. The van der Waals surface area contributed by atoms with Gasteiger partial charge in [-0.1, -0.05) is 65.4 Å². The number of hydrogen-bond acceptors (Lipinski definition) is 6. The molecular weight excluding hydrogens is 344 g/mol. The number of aromatic nitrogens is 3. The maximum absolute atomic E-state index is 10.8. The summed E-state index contributed by atoms with van der Waals surface area (Å²) >= 11 is 1.46. The maximum Gasteiger partial charge on any atom is 0.224 e. The number of nitrogen functional groups attached to an aromatic ring is 1. The van der Waals surface area contributed by atoms with Gasteiger partial charge in [-0.3, -0.25) is 0 Å². The zero-order chi connectivity index (χ0) is 19.7. The average Bonchev–Trinajstić information content (AvgIpc) is 2.51. The summed E-state index contributed by atoms with van der Waals surface area (Å²) in [6, 6.07) is 4.20. The van der Waals surface area contributed by atoms with Gasteiger partial charge in [0.05, 0.1) is 0 Å². The molecule has 5 nitrogen and oxygen atoms in total. The second kappa shape index (κ2) is 7.43. The summed E-state index contributed by atoms with van der Waals surface area (Å²) in [6.07, 6.45) is 3.38. The van der Waals surface area contributed by atoms with E-state index in [1.807, 2.05) is 6.26 Å². The van der Waals surface area contributed by atoms with Crippen LogP contribution in [0.15, 0.2) is 17.3 Å². The summed E-state index contributed by atoms with van der Waals surface area (Å²) < 4.78 is 0. The summed E-state index contributed by atoms with van der Waals surface area (Å²) in [4.78, 5) is 12.8. The van der Waals surface area contributed by atoms with Crippen LogP contribution in [-0.2, 0) is 23.7 Å². The number of nitrogens with two attached hydrogens (primary N) is 1. The van der Waals surface area contributed by atoms with Gasteiger partial charge in [-0.05, 0) is 40.2 Å². The van der Waals surface area contributed by atoms with Crippen LogP contribution in [0.3, 0.4) is 0 Å². The van der Waals surface area contributed by atoms with Crippen molar-refractivity contribution in [2.75, 3.05) is 12.0 Å². The zero-order valence-electron chi connectivity index (χ0n) is 16.8. The molecule has 0 saturated carbocycles. The Hall–Kier alpha value is -1.82. The number of phenols is 1. The van der Waals surface area contributed by atoms with E-state index in [0.29, 0.717) is 23.2 Å². The Kier molecular flexibility index (Phi) is 5.85. The topological polar surface area (TPSA) is 84.9 Å². The lowest BCUT2D eigenvalue weighted by Gasteiger charge is -2.28. The summed E-state index contributed by atoms with van der Waals surface area (Å²) in [6.45, 7) is 12.7. The van der Waals surface area contributed by atoms with Crippen LogP contribution < -0.4 is 5.73 Å². The molecule has 6 heteroatoms. The van der Waals surface area contributed by atoms with Crippen molar-refractivity contribution in [1.82, 2.24) is 15.0 Å². The molecule has 0 spiro atoms. The highest BCUT2D eigenvalue weighted by molar-refractivity contribution is 7.98. The largest absolute Gasteiger partial charge is 0.507 e. The second-order valence-corrected chi connectivity index (χ2v) is 9.41. The fourth-order valence-corrected chi connectivity index (χ4v) is 3.24. The van der Waals surface area contributed by atoms with Gasteiger partial charge in [0.2, 0.25) is 5.95 Å². The number of phenolic OH excluding ortho intramolecular Hbond substituents is 1. The van der Waals surface area contributed by atoms with Crippen molar-refractivity contribution in [3.05, 3.63) is 34.6 Å². The van der Waals surface area contributed by atoms with Crippen LogP contribution in [0.25, 0.3) is 0 Å². The fraction of sp³-hybridized carbons (Fsp3) is 0.550. The van der Waals surface area contributed by atoms with E-state index in [4.69, 9.17) is 5.73 Å². The molecule has 0 bridgehead atoms. The molecule has 26 heavy (non-hydrogen) atoms. The number of benzene rings is 1. The molecule has 0 aliphatic carbocycles. The van der Waals surface area contributed by atoms with Crippen LogP contribution >= 0.6 is 11.8 Å². The molecule has 1 aromatic heterocycles. The first kappa shape index (κ1) is 20.5. The monoisotopic (exact) mass is 374 g/mol. The quantitative estimate of drug-likeness (QED) is 0.778. The van der Waals surface area contributed by atoms with Crippen LogP contribution in [0, 0.1) is 0 Å². The molecule has 0 unspecified atom stereocenters. The Morgan fingerprint density at radius 2 is 1.46 bits per heavy atom. The van der Waals surface area contributed by atoms with Gasteiger partial charge in [-0.25, -0.2) is 4.98 Å². The Bertz CT molecular complexity index is 756. The predicted molar refractivity (Wildman–Crippen MR) is 109 cm³/mol. The number of aromatic hydroxyl groups is 1. The van der Waals surface area contributed by atoms with Crippen molar-refractivity contribution in [2.24, 2.45) is 0 Å². The van der Waals surface area contributed by atoms with Crippen molar-refractivity contribution in [1.29, 1.82) is 0 Å². The van der Waals surface area contributed by atoms with E-state index in [1.165, 1.54) is 17.3 Å². The Morgan fingerprint density at radius 3 is 1.92 bits per heavy atom. The maximum atomic E-state index is 10.8. The highest BCUT2D eigenvalue weighted by Crippen LogP contribution is 2.39. The molecule has 1 heterocycles. The molecule has 142 valence electrons. The lowest BCUT2D eigenvalue weighted by molar-refractivity contribution is 0.422. The van der Waals surface area contributed by atoms with Crippen LogP contribution in [0.4, 0.5) is 5.95 Å². The molecule has 2 aromatic rings. The lowest BCUT2D eigenvalue weighted by Crippen LogP contribution is -2.18. The summed E-state index contributed by atoms with van der Waals surface area (Å²) in [5.74, 6) is 1.36. The van der Waals surface area contributed by atoms with Crippen LogP contribution in [0.5, 0.6) is 5.75 Å². The van der Waals surface area contributed by atoms with Crippen LogP contribution in [-0.4, -0.2) is 26.3 Å². The molecule has 3 N–H and O–H groups in total. The molecule has 0 fully saturated rings. The minimum absolute atomic E-state index is 0.135. The molecule has 2 rings (SSSR count). The number of thioether (sulfide) groups is 1. The van der Waals surface area contributed by atoms with Crippen molar-refractivity contribution < 1.29 is 5.11 Å². The molecule has 0 aliphatic heterocycles. The van der Waals surface area contributed by atoms with E-state index in [-0.39, 0.29) is 16.8 Å². The van der Waals surface area contributed by atoms with Crippen LogP contribution in [0.2, 0.25) is 0 Å². The number of anilines is 1. The predicted octanol–water partition coefficient (Wildman–Crippen LogP) is 4.26. The SMILES string of the molecule is CSc1nc(N)nc(CCc2cc(C(C)(C)C)c(O)c(C(C)(C)C)c2)n1. The molecule has 0 aliphatic rings. The Labute approximate surface area is 160 Å². The molecular formula is C20H30N4OS. The van der Waals surface area contributed by atoms with Gasteiger partial charge in [0.1, 0.15) is 11.6 Å². The smallest absolute Gasteiger partial charge is 0.224 e. The van der Waals surface area contributed by atoms with Gasteiger partial charge in [-0.15, -0.1) is 0 Å². The molecule has 0 atom stereocenters. The van der Waals surface area contributed by atoms with Crippen molar-refractivity contribution in [3.8, 4) is 5.75 Å². The van der Waals surface area contributed by atoms with Gasteiger partial charge in [-0.2, -0.15) is 9.97 Å². The second-order valence-electron chi connectivity index (χ2n) is 8.64. The minimum atomic E-state index is -0.135. The standard InChI is InChI=1S/C20H30N4OS/c1-19(2,3)13-10-12(11-14(16(13)25)20(4,5)6)8-9-15-22-17(21)24-18(23-15)26-7/h10-11,25H,8-9H2,1-7H3,(H2,21,22,23,24). The molecule has 0 amide bonds. The highest BCUT2D eigenvalue weighted by atomic mass is 32.2. The van der Waals surface area contributed by atoms with Gasteiger partial charge >= 0.3 is 0 Å². The van der Waals surface area contributed by atoms with Gasteiger partial charge in [0.25, 0.3) is 0 Å². The van der Waals surface area contributed by atoms with E-state index >= 15 is 0 Å². The van der Waals surface area contributed by atoms with E-state index < -0.39 is 0 Å². The lowest BCUT2D eigenvalue weighted by atomic mass is 9.78. The molecule has 0 radical (unpaired) electrons. The Balaban J connectivity index is 2.39. The molecule has 0 saturated heterocycles. The summed E-state index contributed by atoms with van der Waals surface area (Å²) in [5, 5.41) is 11.5. The van der Waals surface area contributed by atoms with Crippen LogP contribution in [0.1, 0.15) is 64.1 Å². The third kappa shape index (κ3) is 4.87. The number of aryl methyl sites for hydroxylation is 2. The Morgan fingerprint density at radius 1 is 0.923 bits per heavy atom. The summed E-state index contributed by atoms with van der Waals surface area (Å²) in [5.41, 5.74) is 8.62. The molecule has 1 aromatic carbocycles.